The number of hydrogen-bond acceptors (Lipinski definition) is 3. The number of aryl methyl sites for hydroxylation is 1. The molecule has 0 atom stereocenters. The molecule has 1 aliphatic heterocycles. The molecule has 0 aliphatic carbocycles. The topological polar surface area (TPSA) is 53.5 Å². The van der Waals surface area contributed by atoms with Crippen molar-refractivity contribution >= 4 is 34.3 Å². The van der Waals surface area contributed by atoms with E-state index in [1.54, 1.807) is 11.0 Å². The summed E-state index contributed by atoms with van der Waals surface area (Å²) in [6, 6.07) is 19.4. The Morgan fingerprint density at radius 2 is 1.57 bits per heavy atom. The van der Waals surface area contributed by atoms with E-state index in [2.05, 4.69) is 17.1 Å². The van der Waals surface area contributed by atoms with Gasteiger partial charge in [0.25, 0.3) is 5.91 Å². The number of carbonyl (C=O) groups is 2. The Kier molecular flexibility index (Phi) is 6.29. The zero-order valence-electron chi connectivity index (χ0n) is 16.8. The SMILES string of the molecule is O=C(CCCc1ccccc1)N1CCN(C(=O)c2cc(Cl)nc3ccccc23)CC1. The Labute approximate surface area is 181 Å². The minimum atomic E-state index is -0.0633. The third-order valence-corrected chi connectivity index (χ3v) is 5.73. The van der Waals surface area contributed by atoms with Crippen molar-refractivity contribution in [3.63, 3.8) is 0 Å². The highest BCUT2D eigenvalue weighted by atomic mass is 35.5. The van der Waals surface area contributed by atoms with Crippen molar-refractivity contribution in [2.75, 3.05) is 26.2 Å². The van der Waals surface area contributed by atoms with Gasteiger partial charge in [0.15, 0.2) is 0 Å². The van der Waals surface area contributed by atoms with E-state index in [-0.39, 0.29) is 11.8 Å². The number of piperazine rings is 1. The largest absolute Gasteiger partial charge is 0.339 e. The molecular formula is C24H24ClN3O2. The predicted octanol–water partition coefficient (Wildman–Crippen LogP) is 4.20. The quantitative estimate of drug-likeness (QED) is 0.580. The van der Waals surface area contributed by atoms with Crippen molar-refractivity contribution in [3.8, 4) is 0 Å². The number of fused-ring (bicyclic) bond motifs is 1. The maximum atomic E-state index is 13.1. The Morgan fingerprint density at radius 3 is 2.33 bits per heavy atom. The summed E-state index contributed by atoms with van der Waals surface area (Å²) < 4.78 is 0. The second-order valence-corrected chi connectivity index (χ2v) is 7.91. The molecule has 1 fully saturated rings. The molecule has 4 rings (SSSR count). The highest BCUT2D eigenvalue weighted by molar-refractivity contribution is 6.30. The number of amides is 2. The van der Waals surface area contributed by atoms with Crippen LogP contribution in [0.15, 0.2) is 60.7 Å². The van der Waals surface area contributed by atoms with E-state index >= 15 is 0 Å². The zero-order valence-corrected chi connectivity index (χ0v) is 17.5. The minimum Gasteiger partial charge on any atom is -0.339 e. The molecular weight excluding hydrogens is 398 g/mol. The highest BCUT2D eigenvalue weighted by Crippen LogP contribution is 2.23. The van der Waals surface area contributed by atoms with Crippen molar-refractivity contribution in [2.24, 2.45) is 0 Å². The predicted molar refractivity (Wildman–Crippen MR) is 119 cm³/mol. The number of benzene rings is 2. The van der Waals surface area contributed by atoms with Crippen LogP contribution in [0.3, 0.4) is 0 Å². The van der Waals surface area contributed by atoms with Gasteiger partial charge in [-0.25, -0.2) is 4.98 Å². The van der Waals surface area contributed by atoms with Gasteiger partial charge in [0.1, 0.15) is 5.15 Å². The molecule has 1 aliphatic rings. The average molecular weight is 422 g/mol. The summed E-state index contributed by atoms with van der Waals surface area (Å²) in [4.78, 5) is 33.6. The Balaban J connectivity index is 1.33. The zero-order chi connectivity index (χ0) is 20.9. The van der Waals surface area contributed by atoms with Crippen LogP contribution < -0.4 is 0 Å². The molecule has 2 heterocycles. The van der Waals surface area contributed by atoms with Crippen LogP contribution in [-0.2, 0) is 11.2 Å². The average Bonchev–Trinajstić information content (AvgIpc) is 2.78. The summed E-state index contributed by atoms with van der Waals surface area (Å²) in [7, 11) is 0. The highest BCUT2D eigenvalue weighted by Gasteiger charge is 2.26. The summed E-state index contributed by atoms with van der Waals surface area (Å²) in [5, 5.41) is 1.11. The second-order valence-electron chi connectivity index (χ2n) is 7.52. The standard InChI is InChI=1S/C24H24ClN3O2/c25-22-17-20(19-10-4-5-11-21(19)26-22)24(30)28-15-13-27(14-16-28)23(29)12-6-9-18-7-2-1-3-8-18/h1-5,7-8,10-11,17H,6,9,12-16H2. The molecule has 5 nitrogen and oxygen atoms in total. The molecule has 0 saturated carbocycles. The van der Waals surface area contributed by atoms with Crippen LogP contribution in [0.4, 0.5) is 0 Å². The summed E-state index contributed by atoms with van der Waals surface area (Å²) >= 11 is 6.13. The van der Waals surface area contributed by atoms with E-state index in [1.807, 2.05) is 47.4 Å². The number of halogens is 1. The summed E-state index contributed by atoms with van der Waals surface area (Å²) in [6.07, 6.45) is 2.28. The number of para-hydroxylation sites is 1. The molecule has 30 heavy (non-hydrogen) atoms. The summed E-state index contributed by atoms with van der Waals surface area (Å²) in [6.45, 7) is 2.17. The van der Waals surface area contributed by atoms with E-state index in [4.69, 9.17) is 11.6 Å². The number of nitrogens with zero attached hydrogens (tertiary/aromatic N) is 3. The van der Waals surface area contributed by atoms with Crippen LogP contribution in [0.25, 0.3) is 10.9 Å². The van der Waals surface area contributed by atoms with Crippen molar-refractivity contribution < 1.29 is 9.59 Å². The van der Waals surface area contributed by atoms with Crippen LogP contribution in [0.2, 0.25) is 5.15 Å². The van der Waals surface area contributed by atoms with E-state index in [9.17, 15) is 9.59 Å². The maximum absolute atomic E-state index is 13.1. The van der Waals surface area contributed by atoms with E-state index in [1.165, 1.54) is 5.56 Å². The first-order chi connectivity index (χ1) is 14.6. The summed E-state index contributed by atoms with van der Waals surface area (Å²) in [5.74, 6) is 0.0992. The fourth-order valence-corrected chi connectivity index (χ4v) is 4.10. The number of hydrogen-bond donors (Lipinski definition) is 0. The smallest absolute Gasteiger partial charge is 0.254 e. The number of rotatable bonds is 5. The minimum absolute atomic E-state index is 0.0633. The fraction of sp³-hybridized carbons (Fsp3) is 0.292. The van der Waals surface area contributed by atoms with Crippen molar-refractivity contribution in [2.45, 2.75) is 19.3 Å². The lowest BCUT2D eigenvalue weighted by molar-refractivity contribution is -0.132. The first-order valence-corrected chi connectivity index (χ1v) is 10.7. The van der Waals surface area contributed by atoms with Crippen LogP contribution in [0.5, 0.6) is 0 Å². The van der Waals surface area contributed by atoms with Crippen LogP contribution in [0, 0.1) is 0 Å². The van der Waals surface area contributed by atoms with Gasteiger partial charge in [-0.2, -0.15) is 0 Å². The molecule has 0 N–H and O–H groups in total. The Morgan fingerprint density at radius 1 is 0.900 bits per heavy atom. The first kappa shape index (κ1) is 20.4. The van der Waals surface area contributed by atoms with Gasteiger partial charge >= 0.3 is 0 Å². The molecule has 154 valence electrons. The van der Waals surface area contributed by atoms with Crippen LogP contribution in [-0.4, -0.2) is 52.8 Å². The number of pyridine rings is 1. The van der Waals surface area contributed by atoms with Crippen molar-refractivity contribution in [3.05, 3.63) is 76.9 Å². The lowest BCUT2D eigenvalue weighted by Gasteiger charge is -2.35. The Hall–Kier alpha value is -2.92. The molecule has 0 spiro atoms. The van der Waals surface area contributed by atoms with Gasteiger partial charge < -0.3 is 9.80 Å². The first-order valence-electron chi connectivity index (χ1n) is 10.3. The lowest BCUT2D eigenvalue weighted by Crippen LogP contribution is -2.50. The number of aromatic nitrogens is 1. The van der Waals surface area contributed by atoms with Gasteiger partial charge in [-0.3, -0.25) is 9.59 Å². The van der Waals surface area contributed by atoms with Gasteiger partial charge in [-0.15, -0.1) is 0 Å². The molecule has 1 aromatic heterocycles. The molecule has 3 aromatic rings. The van der Waals surface area contributed by atoms with Gasteiger partial charge in [0.2, 0.25) is 5.91 Å². The lowest BCUT2D eigenvalue weighted by atomic mass is 10.1. The van der Waals surface area contributed by atoms with E-state index in [0.717, 1.165) is 18.2 Å². The van der Waals surface area contributed by atoms with Crippen molar-refractivity contribution in [1.29, 1.82) is 0 Å². The third-order valence-electron chi connectivity index (χ3n) is 5.53. The molecule has 0 bridgehead atoms. The monoisotopic (exact) mass is 421 g/mol. The number of carbonyl (C=O) groups excluding carboxylic acids is 2. The second kappa shape index (κ2) is 9.26. The molecule has 2 amide bonds. The molecule has 6 heteroatoms. The maximum Gasteiger partial charge on any atom is 0.254 e. The fourth-order valence-electron chi connectivity index (χ4n) is 3.90. The van der Waals surface area contributed by atoms with Crippen LogP contribution in [0.1, 0.15) is 28.8 Å². The molecule has 0 radical (unpaired) electrons. The van der Waals surface area contributed by atoms with Gasteiger partial charge in [0.05, 0.1) is 11.1 Å². The van der Waals surface area contributed by atoms with E-state index in [0.29, 0.717) is 48.8 Å². The normalized spacial score (nSPS) is 14.2. The van der Waals surface area contributed by atoms with Gasteiger partial charge in [-0.05, 0) is 30.5 Å². The van der Waals surface area contributed by atoms with Gasteiger partial charge in [-0.1, -0.05) is 60.1 Å². The molecule has 2 aromatic carbocycles. The molecule has 1 saturated heterocycles. The van der Waals surface area contributed by atoms with E-state index < -0.39 is 0 Å². The Bertz CT molecular complexity index is 1050. The molecule has 0 unspecified atom stereocenters. The summed E-state index contributed by atoms with van der Waals surface area (Å²) in [5.41, 5.74) is 2.53. The third kappa shape index (κ3) is 4.62. The van der Waals surface area contributed by atoms with Crippen molar-refractivity contribution in [1.82, 2.24) is 14.8 Å². The van der Waals surface area contributed by atoms with Crippen LogP contribution >= 0.6 is 11.6 Å². The van der Waals surface area contributed by atoms with Gasteiger partial charge in [0, 0.05) is 38.0 Å².